The van der Waals surface area contributed by atoms with Crippen LogP contribution in [0.25, 0.3) is 11.0 Å². The highest BCUT2D eigenvalue weighted by Gasteiger charge is 2.20. The van der Waals surface area contributed by atoms with Gasteiger partial charge in [0.25, 0.3) is 0 Å². The van der Waals surface area contributed by atoms with Crippen molar-refractivity contribution >= 4 is 16.9 Å². The number of nitrogens with zero attached hydrogens (tertiary/aromatic N) is 1. The van der Waals surface area contributed by atoms with Crippen molar-refractivity contribution in [3.63, 3.8) is 0 Å². The molecule has 0 spiro atoms. The first kappa shape index (κ1) is 16.0. The molecule has 0 unspecified atom stereocenters. The first-order valence-electron chi connectivity index (χ1n) is 6.86. The number of fused-ring (bicyclic) bond motifs is 1. The Balaban J connectivity index is 2.52. The first-order valence-corrected chi connectivity index (χ1v) is 6.86. The molecule has 116 valence electrons. The lowest BCUT2D eigenvalue weighted by molar-refractivity contribution is 0.0664. The highest BCUT2D eigenvalue weighted by Crippen LogP contribution is 2.30. The summed E-state index contributed by atoms with van der Waals surface area (Å²) in [5.74, 6) is -1.73. The molecule has 0 aliphatic rings. The van der Waals surface area contributed by atoms with Crippen LogP contribution in [0.15, 0.2) is 41.9 Å². The summed E-state index contributed by atoms with van der Waals surface area (Å²) in [5, 5.41) is 9.64. The number of carbonyl (C=O) groups is 1. The molecule has 4 nitrogen and oxygen atoms in total. The molecule has 22 heavy (non-hydrogen) atoms. The minimum atomic E-state index is -1.16. The fourth-order valence-electron chi connectivity index (χ4n) is 2.48. The highest BCUT2D eigenvalue weighted by atomic mass is 19.1. The number of benzene rings is 1. The van der Waals surface area contributed by atoms with Crippen molar-refractivity contribution in [2.45, 2.75) is 13.5 Å². The molecule has 0 bridgehead atoms. The van der Waals surface area contributed by atoms with Crippen LogP contribution in [-0.2, 0) is 6.54 Å². The molecule has 5 heteroatoms. The van der Waals surface area contributed by atoms with E-state index in [4.69, 9.17) is 9.52 Å². The van der Waals surface area contributed by atoms with Gasteiger partial charge < -0.3 is 9.52 Å². The Kier molecular flexibility index (Phi) is 4.78. The maximum Gasteiger partial charge on any atom is 0.372 e. The van der Waals surface area contributed by atoms with Gasteiger partial charge in [-0.15, -0.1) is 13.2 Å². The van der Waals surface area contributed by atoms with Crippen LogP contribution in [0, 0.1) is 12.7 Å². The van der Waals surface area contributed by atoms with Gasteiger partial charge in [0.05, 0.1) is 0 Å². The van der Waals surface area contributed by atoms with Gasteiger partial charge in [-0.05, 0) is 19.1 Å². The smallest absolute Gasteiger partial charge is 0.372 e. The standard InChI is InChI=1S/C17H18FNO3/c1-4-6-19(7-5-2)10-12-8-13(18)9-14-11(3)15(17(20)21)22-16(12)14/h4-5,8-9H,1-2,6-7,10H2,3H3,(H,20,21). The molecule has 0 radical (unpaired) electrons. The van der Waals surface area contributed by atoms with Crippen molar-refractivity contribution in [3.05, 3.63) is 60.1 Å². The van der Waals surface area contributed by atoms with Crippen molar-refractivity contribution in [3.8, 4) is 0 Å². The molecule has 0 fully saturated rings. The number of aryl methyl sites for hydroxylation is 1. The van der Waals surface area contributed by atoms with Gasteiger partial charge in [-0.1, -0.05) is 12.2 Å². The van der Waals surface area contributed by atoms with Crippen molar-refractivity contribution in [2.75, 3.05) is 13.1 Å². The normalized spacial score (nSPS) is 11.0. The summed E-state index contributed by atoms with van der Waals surface area (Å²) in [6.07, 6.45) is 3.49. The van der Waals surface area contributed by atoms with Gasteiger partial charge in [-0.2, -0.15) is 0 Å². The Bertz CT molecular complexity index is 723. The van der Waals surface area contributed by atoms with E-state index < -0.39 is 11.8 Å². The molecule has 0 atom stereocenters. The summed E-state index contributed by atoms with van der Waals surface area (Å²) in [6.45, 7) is 10.6. The van der Waals surface area contributed by atoms with E-state index >= 15 is 0 Å². The lowest BCUT2D eigenvalue weighted by Gasteiger charge is -2.18. The summed E-state index contributed by atoms with van der Waals surface area (Å²) in [7, 11) is 0. The number of carboxylic acid groups (broad SMARTS) is 1. The second-order valence-corrected chi connectivity index (χ2v) is 5.07. The highest BCUT2D eigenvalue weighted by molar-refractivity contribution is 5.95. The number of halogens is 1. The average Bonchev–Trinajstić information content (AvgIpc) is 2.77. The number of carboxylic acids is 1. The van der Waals surface area contributed by atoms with Crippen LogP contribution in [0.1, 0.15) is 21.7 Å². The first-order chi connectivity index (χ1) is 10.5. The Morgan fingerprint density at radius 3 is 2.55 bits per heavy atom. The van der Waals surface area contributed by atoms with Crippen molar-refractivity contribution in [1.82, 2.24) is 4.90 Å². The molecular formula is C17H18FNO3. The van der Waals surface area contributed by atoms with Crippen LogP contribution < -0.4 is 0 Å². The lowest BCUT2D eigenvalue weighted by atomic mass is 10.1. The number of hydrogen-bond acceptors (Lipinski definition) is 3. The quantitative estimate of drug-likeness (QED) is 0.791. The molecule has 0 amide bonds. The summed E-state index contributed by atoms with van der Waals surface area (Å²) >= 11 is 0. The van der Waals surface area contributed by atoms with Crippen LogP contribution in [0.3, 0.4) is 0 Å². The fraction of sp³-hybridized carbons (Fsp3) is 0.235. The zero-order valence-electron chi connectivity index (χ0n) is 12.4. The summed E-state index contributed by atoms with van der Waals surface area (Å²) < 4.78 is 19.3. The van der Waals surface area contributed by atoms with E-state index in [1.54, 1.807) is 19.1 Å². The summed E-state index contributed by atoms with van der Waals surface area (Å²) in [4.78, 5) is 13.2. The van der Waals surface area contributed by atoms with E-state index in [9.17, 15) is 9.18 Å². The van der Waals surface area contributed by atoms with Gasteiger partial charge in [0, 0.05) is 36.1 Å². The monoisotopic (exact) mass is 303 g/mol. The third kappa shape index (κ3) is 3.09. The number of rotatable bonds is 7. The van der Waals surface area contributed by atoms with Gasteiger partial charge in [0.15, 0.2) is 0 Å². The topological polar surface area (TPSA) is 53.7 Å². The zero-order chi connectivity index (χ0) is 16.3. The fourth-order valence-corrected chi connectivity index (χ4v) is 2.48. The molecule has 0 aliphatic heterocycles. The summed E-state index contributed by atoms with van der Waals surface area (Å²) in [5.41, 5.74) is 1.45. The van der Waals surface area contributed by atoms with Crippen molar-refractivity contribution < 1.29 is 18.7 Å². The molecule has 0 saturated carbocycles. The molecule has 1 heterocycles. The third-order valence-corrected chi connectivity index (χ3v) is 3.44. The molecule has 0 aliphatic carbocycles. The maximum atomic E-state index is 13.9. The van der Waals surface area contributed by atoms with E-state index in [0.29, 0.717) is 41.7 Å². The van der Waals surface area contributed by atoms with Crippen LogP contribution in [0.5, 0.6) is 0 Å². The molecule has 1 N–H and O–H groups in total. The Hall–Kier alpha value is -2.40. The number of hydrogen-bond donors (Lipinski definition) is 1. The predicted molar refractivity (Wildman–Crippen MR) is 83.5 cm³/mol. The SMILES string of the molecule is C=CCN(CC=C)Cc1cc(F)cc2c(C)c(C(=O)O)oc12. The van der Waals surface area contributed by atoms with Crippen LogP contribution in [-0.4, -0.2) is 29.1 Å². The number of aromatic carboxylic acids is 1. The van der Waals surface area contributed by atoms with E-state index in [1.807, 2.05) is 4.90 Å². The van der Waals surface area contributed by atoms with Gasteiger partial charge in [0.1, 0.15) is 11.4 Å². The van der Waals surface area contributed by atoms with Crippen LogP contribution in [0.4, 0.5) is 4.39 Å². The third-order valence-electron chi connectivity index (χ3n) is 3.44. The Labute approximate surface area is 128 Å². The maximum absolute atomic E-state index is 13.9. The summed E-state index contributed by atoms with van der Waals surface area (Å²) in [6, 6.07) is 2.67. The Morgan fingerprint density at radius 2 is 2.00 bits per heavy atom. The molecule has 2 aromatic rings. The van der Waals surface area contributed by atoms with Gasteiger partial charge in [-0.25, -0.2) is 9.18 Å². The van der Waals surface area contributed by atoms with E-state index in [-0.39, 0.29) is 5.76 Å². The average molecular weight is 303 g/mol. The largest absolute Gasteiger partial charge is 0.475 e. The van der Waals surface area contributed by atoms with Crippen LogP contribution >= 0.6 is 0 Å². The predicted octanol–water partition coefficient (Wildman–Crippen LogP) is 3.75. The Morgan fingerprint density at radius 1 is 1.36 bits per heavy atom. The molecule has 0 saturated heterocycles. The van der Waals surface area contributed by atoms with Gasteiger partial charge in [0.2, 0.25) is 5.76 Å². The second-order valence-electron chi connectivity index (χ2n) is 5.07. The van der Waals surface area contributed by atoms with E-state index in [1.165, 1.54) is 12.1 Å². The molecule has 1 aromatic heterocycles. The molecular weight excluding hydrogens is 285 g/mol. The van der Waals surface area contributed by atoms with Gasteiger partial charge in [-0.3, -0.25) is 4.90 Å². The minimum absolute atomic E-state index is 0.152. The van der Waals surface area contributed by atoms with Gasteiger partial charge >= 0.3 is 5.97 Å². The minimum Gasteiger partial charge on any atom is -0.475 e. The van der Waals surface area contributed by atoms with E-state index in [0.717, 1.165) is 0 Å². The number of furan rings is 1. The van der Waals surface area contributed by atoms with Crippen molar-refractivity contribution in [2.24, 2.45) is 0 Å². The van der Waals surface area contributed by atoms with E-state index in [2.05, 4.69) is 13.2 Å². The zero-order valence-corrected chi connectivity index (χ0v) is 12.4. The van der Waals surface area contributed by atoms with Crippen molar-refractivity contribution in [1.29, 1.82) is 0 Å². The second kappa shape index (κ2) is 6.58. The molecule has 2 rings (SSSR count). The van der Waals surface area contributed by atoms with Crippen LogP contribution in [0.2, 0.25) is 0 Å². The lowest BCUT2D eigenvalue weighted by Crippen LogP contribution is -2.23. The molecule has 1 aromatic carbocycles.